The second-order valence-corrected chi connectivity index (χ2v) is 3.32. The summed E-state index contributed by atoms with van der Waals surface area (Å²) in [6, 6.07) is 0. The molecular formula is C8H16BF3N-. The normalized spacial score (nSPS) is 12.2. The zero-order valence-corrected chi connectivity index (χ0v) is 8.19. The molecular weight excluding hydrogens is 178 g/mol. The van der Waals surface area contributed by atoms with Crippen LogP contribution in [0.4, 0.5) is 12.9 Å². The number of unbranched alkanes of at least 4 members (excludes halogenated alkanes) is 1. The summed E-state index contributed by atoms with van der Waals surface area (Å²) in [5.74, 6) is 0. The quantitative estimate of drug-likeness (QED) is 0.587. The highest BCUT2D eigenvalue weighted by Crippen LogP contribution is 2.18. The van der Waals surface area contributed by atoms with Crippen molar-refractivity contribution in [3.63, 3.8) is 0 Å². The molecule has 78 valence electrons. The van der Waals surface area contributed by atoms with Crippen LogP contribution in [-0.4, -0.2) is 32.0 Å². The van der Waals surface area contributed by atoms with Crippen molar-refractivity contribution in [3.05, 3.63) is 12.1 Å². The van der Waals surface area contributed by atoms with Crippen molar-refractivity contribution >= 4 is 6.98 Å². The maximum atomic E-state index is 12.1. The Morgan fingerprint density at radius 1 is 1.38 bits per heavy atom. The number of rotatable bonds is 6. The topological polar surface area (TPSA) is 3.24 Å². The van der Waals surface area contributed by atoms with E-state index in [1.807, 2.05) is 6.92 Å². The van der Waals surface area contributed by atoms with Crippen LogP contribution in [0.25, 0.3) is 0 Å². The summed E-state index contributed by atoms with van der Waals surface area (Å²) in [6.07, 6.45) is 1.92. The molecule has 0 saturated heterocycles. The molecule has 0 atom stereocenters. The maximum Gasteiger partial charge on any atom is 0.506 e. The summed E-state index contributed by atoms with van der Waals surface area (Å²) in [6.45, 7) is 0.819. The standard InChI is InChI=1S/C8H16BF3N/c1-4-5-6-13(3)7-8(2)9(10,11)12/h2,4-7H2,1,3H3/q-1. The van der Waals surface area contributed by atoms with E-state index < -0.39 is 12.4 Å². The van der Waals surface area contributed by atoms with Crippen LogP contribution < -0.4 is 0 Å². The van der Waals surface area contributed by atoms with E-state index in [-0.39, 0.29) is 6.54 Å². The first-order chi connectivity index (χ1) is 5.88. The molecule has 0 aliphatic heterocycles. The lowest BCUT2D eigenvalue weighted by Gasteiger charge is -2.23. The van der Waals surface area contributed by atoms with Gasteiger partial charge in [0.25, 0.3) is 0 Å². The Morgan fingerprint density at radius 2 is 1.92 bits per heavy atom. The minimum absolute atomic E-state index is 0.0660. The number of halogens is 3. The van der Waals surface area contributed by atoms with Crippen LogP contribution in [0.15, 0.2) is 12.1 Å². The highest BCUT2D eigenvalue weighted by molar-refractivity contribution is 6.66. The van der Waals surface area contributed by atoms with Crippen molar-refractivity contribution in [1.82, 2.24) is 4.90 Å². The van der Waals surface area contributed by atoms with E-state index in [9.17, 15) is 12.9 Å². The lowest BCUT2D eigenvalue weighted by atomic mass is 9.80. The fourth-order valence-electron chi connectivity index (χ4n) is 0.957. The number of hydrogen-bond donors (Lipinski definition) is 0. The van der Waals surface area contributed by atoms with Crippen molar-refractivity contribution in [1.29, 1.82) is 0 Å². The van der Waals surface area contributed by atoms with Gasteiger partial charge in [-0.05, 0) is 26.6 Å². The Bertz CT molecular complexity index is 167. The van der Waals surface area contributed by atoms with E-state index in [1.54, 1.807) is 11.9 Å². The largest absolute Gasteiger partial charge is 0.506 e. The van der Waals surface area contributed by atoms with E-state index in [4.69, 9.17) is 0 Å². The van der Waals surface area contributed by atoms with Crippen LogP contribution in [0, 0.1) is 0 Å². The molecule has 0 aromatic carbocycles. The van der Waals surface area contributed by atoms with E-state index in [1.165, 1.54) is 0 Å². The average Bonchev–Trinajstić information content (AvgIpc) is 1.99. The molecule has 0 N–H and O–H groups in total. The van der Waals surface area contributed by atoms with Gasteiger partial charge in [-0.15, -0.1) is 12.1 Å². The van der Waals surface area contributed by atoms with E-state index in [0.29, 0.717) is 6.54 Å². The Kier molecular flexibility index (Phi) is 5.14. The molecule has 0 fully saturated rings. The summed E-state index contributed by atoms with van der Waals surface area (Å²) in [4.78, 5) is 1.65. The molecule has 0 bridgehead atoms. The predicted molar refractivity (Wildman–Crippen MR) is 50.6 cm³/mol. The molecule has 1 nitrogen and oxygen atoms in total. The van der Waals surface area contributed by atoms with Crippen LogP contribution in [0.2, 0.25) is 0 Å². The first kappa shape index (κ1) is 12.6. The molecule has 0 unspecified atom stereocenters. The highest BCUT2D eigenvalue weighted by atomic mass is 19.4. The zero-order chi connectivity index (χ0) is 10.5. The molecule has 5 heteroatoms. The Hall–Kier alpha value is -0.445. The summed E-state index contributed by atoms with van der Waals surface area (Å²) in [5.41, 5.74) is -0.612. The Balaban J connectivity index is 3.79. The van der Waals surface area contributed by atoms with Crippen LogP contribution in [-0.2, 0) is 0 Å². The first-order valence-electron chi connectivity index (χ1n) is 4.44. The summed E-state index contributed by atoms with van der Waals surface area (Å²) in [7, 11) is 1.68. The van der Waals surface area contributed by atoms with Gasteiger partial charge in [-0.1, -0.05) is 13.3 Å². The highest BCUT2D eigenvalue weighted by Gasteiger charge is 2.26. The Morgan fingerprint density at radius 3 is 2.31 bits per heavy atom. The number of hydrogen-bond acceptors (Lipinski definition) is 1. The smallest absolute Gasteiger partial charge is 0.445 e. The van der Waals surface area contributed by atoms with Crippen molar-refractivity contribution in [2.45, 2.75) is 19.8 Å². The second kappa shape index (κ2) is 5.32. The first-order valence-corrected chi connectivity index (χ1v) is 4.44. The summed E-state index contributed by atoms with van der Waals surface area (Å²) < 4.78 is 36.2. The molecule has 0 aromatic rings. The molecule has 13 heavy (non-hydrogen) atoms. The Labute approximate surface area is 77.7 Å². The van der Waals surface area contributed by atoms with Gasteiger partial charge in [-0.3, -0.25) is 0 Å². The molecule has 0 saturated carbocycles. The van der Waals surface area contributed by atoms with Gasteiger partial charge in [0.1, 0.15) is 0 Å². The van der Waals surface area contributed by atoms with Crippen LogP contribution in [0.5, 0.6) is 0 Å². The third kappa shape index (κ3) is 5.74. The van der Waals surface area contributed by atoms with Crippen molar-refractivity contribution < 1.29 is 12.9 Å². The van der Waals surface area contributed by atoms with Crippen LogP contribution in [0.1, 0.15) is 19.8 Å². The molecule has 0 radical (unpaired) electrons. The second-order valence-electron chi connectivity index (χ2n) is 3.32. The summed E-state index contributed by atoms with van der Waals surface area (Å²) >= 11 is 0. The predicted octanol–water partition coefficient (Wildman–Crippen LogP) is 2.66. The summed E-state index contributed by atoms with van der Waals surface area (Å²) in [5, 5.41) is 0. The average molecular weight is 194 g/mol. The van der Waals surface area contributed by atoms with E-state index >= 15 is 0 Å². The molecule has 0 spiro atoms. The maximum absolute atomic E-state index is 12.1. The van der Waals surface area contributed by atoms with Gasteiger partial charge >= 0.3 is 6.98 Å². The fourth-order valence-corrected chi connectivity index (χ4v) is 0.957. The third-order valence-electron chi connectivity index (χ3n) is 1.83. The lowest BCUT2D eigenvalue weighted by Crippen LogP contribution is -2.30. The van der Waals surface area contributed by atoms with Gasteiger partial charge in [0, 0.05) is 0 Å². The molecule has 0 heterocycles. The van der Waals surface area contributed by atoms with E-state index in [2.05, 4.69) is 6.58 Å². The van der Waals surface area contributed by atoms with Crippen molar-refractivity contribution in [3.8, 4) is 0 Å². The molecule has 0 aromatic heterocycles. The molecule has 0 rings (SSSR count). The van der Waals surface area contributed by atoms with Gasteiger partial charge in [-0.25, -0.2) is 0 Å². The SMILES string of the molecule is C=C(CN(C)CCCC)[B-](F)(F)F. The van der Waals surface area contributed by atoms with Crippen LogP contribution in [0.3, 0.4) is 0 Å². The van der Waals surface area contributed by atoms with Crippen molar-refractivity contribution in [2.24, 2.45) is 0 Å². The van der Waals surface area contributed by atoms with Crippen molar-refractivity contribution in [2.75, 3.05) is 20.1 Å². The lowest BCUT2D eigenvalue weighted by molar-refractivity contribution is 0.350. The molecule has 0 amide bonds. The fraction of sp³-hybridized carbons (Fsp3) is 0.750. The van der Waals surface area contributed by atoms with Crippen LogP contribution >= 0.6 is 0 Å². The third-order valence-corrected chi connectivity index (χ3v) is 1.83. The molecule has 0 aliphatic carbocycles. The number of nitrogens with zero attached hydrogens (tertiary/aromatic N) is 1. The minimum Gasteiger partial charge on any atom is -0.445 e. The van der Waals surface area contributed by atoms with Gasteiger partial charge < -0.3 is 17.8 Å². The minimum atomic E-state index is -4.86. The molecule has 0 aliphatic rings. The monoisotopic (exact) mass is 194 g/mol. The van der Waals surface area contributed by atoms with Gasteiger partial charge in [-0.2, -0.15) is 0 Å². The van der Waals surface area contributed by atoms with E-state index in [0.717, 1.165) is 12.8 Å². The number of likely N-dealkylation sites (N-methyl/N-ethyl adjacent to an activating group) is 1. The van der Waals surface area contributed by atoms with Gasteiger partial charge in [0.15, 0.2) is 0 Å². The van der Waals surface area contributed by atoms with Gasteiger partial charge in [0.2, 0.25) is 0 Å². The van der Waals surface area contributed by atoms with Gasteiger partial charge in [0.05, 0.1) is 0 Å². The zero-order valence-electron chi connectivity index (χ0n) is 8.19.